The second kappa shape index (κ2) is 14.0. The maximum atomic E-state index is 13.9. The van der Waals surface area contributed by atoms with Gasteiger partial charge in [0.2, 0.25) is 0 Å². The van der Waals surface area contributed by atoms with E-state index in [9.17, 15) is 14.4 Å². The molecule has 3 heterocycles. The van der Waals surface area contributed by atoms with E-state index in [1.807, 2.05) is 37.8 Å². The Bertz CT molecular complexity index is 1340. The lowest BCUT2D eigenvalue weighted by atomic mass is 9.94. The van der Waals surface area contributed by atoms with E-state index in [1.54, 1.807) is 4.90 Å². The standard InChI is InChI=1S/C37H51N5O4/c1-37(2,3)46-36(45)40-24-22-39(23-25-40)34(43)30-16-14-28(15-17-30)26-38-20-18-32(19-21-38)42-33(29-10-6-4-7-11-29)27-41(35(42)44)31-12-8-5-9-13-31/h4,6-7,10-11,14-17,31-33H,5,8-9,12-13,18-27H2,1-3H3. The van der Waals surface area contributed by atoms with Crippen LogP contribution in [0.4, 0.5) is 9.59 Å². The smallest absolute Gasteiger partial charge is 0.410 e. The van der Waals surface area contributed by atoms with Crippen LogP contribution in [0.1, 0.15) is 93.2 Å². The molecule has 4 amide bonds. The Morgan fingerprint density at radius 2 is 1.39 bits per heavy atom. The van der Waals surface area contributed by atoms with Gasteiger partial charge in [-0.3, -0.25) is 9.69 Å². The molecule has 9 heteroatoms. The summed E-state index contributed by atoms with van der Waals surface area (Å²) in [5.74, 6) is 0.00160. The molecule has 0 aromatic heterocycles. The molecule has 4 aliphatic rings. The van der Waals surface area contributed by atoms with E-state index in [0.29, 0.717) is 37.8 Å². The molecule has 2 aromatic carbocycles. The van der Waals surface area contributed by atoms with Gasteiger partial charge in [-0.2, -0.15) is 0 Å². The molecule has 46 heavy (non-hydrogen) atoms. The minimum absolute atomic E-state index is 0.00160. The minimum Gasteiger partial charge on any atom is -0.444 e. The van der Waals surface area contributed by atoms with Crippen LogP contribution in [-0.4, -0.2) is 106 Å². The lowest BCUT2D eigenvalue weighted by molar-refractivity contribution is 0.0141. The first-order valence-corrected chi connectivity index (χ1v) is 17.4. The highest BCUT2D eigenvalue weighted by molar-refractivity contribution is 5.94. The number of carbonyl (C=O) groups excluding carboxylic acids is 3. The number of hydrogen-bond acceptors (Lipinski definition) is 5. The highest BCUT2D eigenvalue weighted by atomic mass is 16.6. The molecule has 0 radical (unpaired) electrons. The van der Waals surface area contributed by atoms with E-state index in [-0.39, 0.29) is 30.1 Å². The predicted octanol–water partition coefficient (Wildman–Crippen LogP) is 6.16. The van der Waals surface area contributed by atoms with Crippen molar-refractivity contribution in [3.63, 3.8) is 0 Å². The zero-order chi connectivity index (χ0) is 32.3. The Kier molecular flexibility index (Phi) is 9.87. The quantitative estimate of drug-likeness (QED) is 0.383. The first-order chi connectivity index (χ1) is 22.2. The average Bonchev–Trinajstić information content (AvgIpc) is 3.42. The normalized spacial score (nSPS) is 22.4. The molecule has 1 saturated carbocycles. The Labute approximate surface area is 274 Å². The molecule has 6 rings (SSSR count). The fourth-order valence-corrected chi connectivity index (χ4v) is 7.65. The largest absolute Gasteiger partial charge is 0.444 e. The molecule has 2 aromatic rings. The lowest BCUT2D eigenvalue weighted by Crippen LogP contribution is -2.51. The summed E-state index contributed by atoms with van der Waals surface area (Å²) in [4.78, 5) is 49.9. The number of carbonyl (C=O) groups is 3. The molecule has 3 aliphatic heterocycles. The third-order valence-corrected chi connectivity index (χ3v) is 10.1. The van der Waals surface area contributed by atoms with Crippen LogP contribution in [0.25, 0.3) is 0 Å². The summed E-state index contributed by atoms with van der Waals surface area (Å²) in [6, 6.07) is 19.6. The van der Waals surface area contributed by atoms with Gasteiger partial charge in [0, 0.05) is 70.0 Å². The first-order valence-electron chi connectivity index (χ1n) is 17.4. The average molecular weight is 630 g/mol. The van der Waals surface area contributed by atoms with Crippen molar-refractivity contribution >= 4 is 18.0 Å². The molecule has 0 N–H and O–H groups in total. The van der Waals surface area contributed by atoms with E-state index in [0.717, 1.165) is 51.9 Å². The van der Waals surface area contributed by atoms with Crippen LogP contribution in [0, 0.1) is 0 Å². The van der Waals surface area contributed by atoms with Crippen molar-refractivity contribution in [2.24, 2.45) is 0 Å². The molecule has 1 aliphatic carbocycles. The number of piperazine rings is 1. The highest BCUT2D eigenvalue weighted by Crippen LogP contribution is 2.38. The summed E-state index contributed by atoms with van der Waals surface area (Å²) >= 11 is 0. The van der Waals surface area contributed by atoms with Crippen LogP contribution in [0.5, 0.6) is 0 Å². The fraction of sp³-hybridized carbons (Fsp3) is 0.595. The van der Waals surface area contributed by atoms with Gasteiger partial charge in [-0.05, 0) is 69.7 Å². The maximum absolute atomic E-state index is 13.9. The maximum Gasteiger partial charge on any atom is 0.410 e. The minimum atomic E-state index is -0.532. The van der Waals surface area contributed by atoms with Gasteiger partial charge in [0.25, 0.3) is 5.91 Å². The Hall–Kier alpha value is -3.59. The number of hydrogen-bond donors (Lipinski definition) is 0. The summed E-state index contributed by atoms with van der Waals surface area (Å²) in [5.41, 5.74) is 2.58. The van der Waals surface area contributed by atoms with Gasteiger partial charge >= 0.3 is 12.1 Å². The topological polar surface area (TPSA) is 76.6 Å². The second-order valence-corrected chi connectivity index (χ2v) is 14.5. The molecule has 1 unspecified atom stereocenters. The lowest BCUT2D eigenvalue weighted by Gasteiger charge is -2.39. The first kappa shape index (κ1) is 32.4. The van der Waals surface area contributed by atoms with Gasteiger partial charge in [0.1, 0.15) is 5.60 Å². The number of benzene rings is 2. The highest BCUT2D eigenvalue weighted by Gasteiger charge is 2.45. The number of likely N-dealkylation sites (tertiary alicyclic amines) is 1. The van der Waals surface area contributed by atoms with Gasteiger partial charge in [-0.1, -0.05) is 61.7 Å². The van der Waals surface area contributed by atoms with Crippen molar-refractivity contribution in [2.75, 3.05) is 45.8 Å². The zero-order valence-corrected chi connectivity index (χ0v) is 27.9. The van der Waals surface area contributed by atoms with Crippen molar-refractivity contribution in [1.29, 1.82) is 0 Å². The molecular weight excluding hydrogens is 578 g/mol. The molecule has 4 fully saturated rings. The number of piperidine rings is 1. The summed E-state index contributed by atoms with van der Waals surface area (Å²) in [6.45, 7) is 11.1. The van der Waals surface area contributed by atoms with Crippen molar-refractivity contribution < 1.29 is 19.1 Å². The number of ether oxygens (including phenoxy) is 1. The summed E-state index contributed by atoms with van der Waals surface area (Å²) < 4.78 is 5.48. The van der Waals surface area contributed by atoms with E-state index >= 15 is 0 Å². The second-order valence-electron chi connectivity index (χ2n) is 14.5. The Morgan fingerprint density at radius 1 is 0.761 bits per heavy atom. The van der Waals surface area contributed by atoms with E-state index < -0.39 is 5.60 Å². The molecular formula is C37H51N5O4. The van der Waals surface area contributed by atoms with Crippen LogP contribution < -0.4 is 0 Å². The summed E-state index contributed by atoms with van der Waals surface area (Å²) in [6.07, 6.45) is 7.63. The molecule has 0 spiro atoms. The van der Waals surface area contributed by atoms with E-state index in [4.69, 9.17) is 4.74 Å². The summed E-state index contributed by atoms with van der Waals surface area (Å²) in [7, 11) is 0. The zero-order valence-electron chi connectivity index (χ0n) is 27.9. The van der Waals surface area contributed by atoms with Crippen LogP contribution in [-0.2, 0) is 11.3 Å². The Morgan fingerprint density at radius 3 is 2.02 bits per heavy atom. The van der Waals surface area contributed by atoms with Crippen molar-refractivity contribution in [3.8, 4) is 0 Å². The molecule has 9 nitrogen and oxygen atoms in total. The van der Waals surface area contributed by atoms with Gasteiger partial charge in [0.05, 0.1) is 6.04 Å². The van der Waals surface area contributed by atoms with Crippen molar-refractivity contribution in [1.82, 2.24) is 24.5 Å². The molecule has 1 atom stereocenters. The third kappa shape index (κ3) is 7.51. The van der Waals surface area contributed by atoms with Crippen LogP contribution >= 0.6 is 0 Å². The predicted molar refractivity (Wildman–Crippen MR) is 178 cm³/mol. The molecule has 0 bridgehead atoms. The van der Waals surface area contributed by atoms with Gasteiger partial charge in [-0.15, -0.1) is 0 Å². The summed E-state index contributed by atoms with van der Waals surface area (Å²) in [5, 5.41) is 0. The fourth-order valence-electron chi connectivity index (χ4n) is 7.65. The van der Waals surface area contributed by atoms with Crippen molar-refractivity contribution in [3.05, 3.63) is 71.3 Å². The van der Waals surface area contributed by atoms with Crippen LogP contribution in [0.3, 0.4) is 0 Å². The van der Waals surface area contributed by atoms with Gasteiger partial charge < -0.3 is 24.3 Å². The van der Waals surface area contributed by atoms with Gasteiger partial charge in [0.15, 0.2) is 0 Å². The number of nitrogens with zero attached hydrogens (tertiary/aromatic N) is 5. The van der Waals surface area contributed by atoms with E-state index in [1.165, 1.54) is 30.4 Å². The monoisotopic (exact) mass is 629 g/mol. The van der Waals surface area contributed by atoms with Crippen LogP contribution in [0.15, 0.2) is 54.6 Å². The number of rotatable bonds is 6. The van der Waals surface area contributed by atoms with Gasteiger partial charge in [-0.25, -0.2) is 9.59 Å². The third-order valence-electron chi connectivity index (χ3n) is 10.1. The van der Waals surface area contributed by atoms with Crippen molar-refractivity contribution in [2.45, 2.75) is 96.0 Å². The SMILES string of the molecule is CC(C)(C)OC(=O)N1CCN(C(=O)c2ccc(CN3CCC(N4C(=O)N(C5CCCCC5)CC4c4ccccc4)CC3)cc2)CC1. The van der Waals surface area contributed by atoms with E-state index in [2.05, 4.69) is 57.2 Å². The van der Waals surface area contributed by atoms with Crippen LogP contribution in [0.2, 0.25) is 0 Å². The number of urea groups is 1. The Balaban J connectivity index is 1.01. The number of amides is 4. The molecule has 248 valence electrons. The molecule has 3 saturated heterocycles.